The molecule has 2 saturated heterocycles. The van der Waals surface area contributed by atoms with Crippen molar-refractivity contribution < 1.29 is 27.6 Å². The van der Waals surface area contributed by atoms with Crippen molar-refractivity contribution in [3.05, 3.63) is 35.8 Å². The molecule has 0 spiro atoms. The van der Waals surface area contributed by atoms with E-state index in [4.69, 9.17) is 0 Å². The molecule has 2 aromatic rings. The maximum Gasteiger partial charge on any atom is 0.271 e. The molecule has 3 heterocycles. The summed E-state index contributed by atoms with van der Waals surface area (Å²) >= 11 is 0. The van der Waals surface area contributed by atoms with Crippen LogP contribution in [0.1, 0.15) is 42.6 Å². The second kappa shape index (κ2) is 9.15. The van der Waals surface area contributed by atoms with Gasteiger partial charge in [0.05, 0.1) is 6.07 Å². The van der Waals surface area contributed by atoms with E-state index in [0.29, 0.717) is 18.5 Å². The quantitative estimate of drug-likeness (QED) is 0.584. The number of fused-ring (bicyclic) bond motifs is 2. The Hall–Kier alpha value is -3.55. The van der Waals surface area contributed by atoms with Crippen molar-refractivity contribution in [2.45, 2.75) is 50.1 Å². The van der Waals surface area contributed by atoms with E-state index >= 15 is 0 Å². The number of nitriles is 1. The molecule has 11 heteroatoms. The van der Waals surface area contributed by atoms with Crippen molar-refractivity contribution in [1.29, 1.82) is 5.26 Å². The van der Waals surface area contributed by atoms with E-state index in [9.17, 15) is 32.8 Å². The Kier molecular flexibility index (Phi) is 6.14. The van der Waals surface area contributed by atoms with Gasteiger partial charge in [-0.25, -0.2) is 13.2 Å². The molecule has 0 unspecified atom stereocenters. The van der Waals surface area contributed by atoms with E-state index in [2.05, 4.69) is 15.6 Å². The highest BCUT2D eigenvalue weighted by atomic mass is 19.3. The first-order valence-electron chi connectivity index (χ1n) is 12.1. The van der Waals surface area contributed by atoms with Gasteiger partial charge in [0.15, 0.2) is 0 Å². The van der Waals surface area contributed by atoms with Gasteiger partial charge in [-0.1, -0.05) is 6.07 Å². The number of piperidine rings is 1. The summed E-state index contributed by atoms with van der Waals surface area (Å²) < 4.78 is 42.6. The molecule has 190 valence electrons. The monoisotopic (exact) mass is 501 g/mol. The molecular weight excluding hydrogens is 475 g/mol. The lowest BCUT2D eigenvalue weighted by atomic mass is 9.90. The van der Waals surface area contributed by atoms with Crippen LogP contribution in [0.25, 0.3) is 10.9 Å². The average Bonchev–Trinajstić information content (AvgIpc) is 3.49. The van der Waals surface area contributed by atoms with Gasteiger partial charge in [0.2, 0.25) is 17.7 Å². The molecule has 1 aromatic carbocycles. The third-order valence-electron chi connectivity index (χ3n) is 7.64. The smallest absolute Gasteiger partial charge is 0.271 e. The second-order valence-corrected chi connectivity index (χ2v) is 10.0. The van der Waals surface area contributed by atoms with Crippen LogP contribution in [-0.2, 0) is 9.59 Å². The van der Waals surface area contributed by atoms with Crippen molar-refractivity contribution >= 4 is 28.6 Å². The number of carbonyl (C=O) groups excluding carboxylic acids is 3. The minimum Gasteiger partial charge on any atom is -0.356 e. The number of alkyl halides is 2. The Morgan fingerprint density at radius 2 is 2.11 bits per heavy atom. The first-order chi connectivity index (χ1) is 17.2. The number of benzene rings is 1. The van der Waals surface area contributed by atoms with E-state index in [1.54, 1.807) is 6.07 Å². The Balaban J connectivity index is 1.39. The normalized spacial score (nSPS) is 27.8. The lowest BCUT2D eigenvalue weighted by Crippen LogP contribution is -2.52. The Labute approximate surface area is 205 Å². The third-order valence-corrected chi connectivity index (χ3v) is 7.64. The van der Waals surface area contributed by atoms with Gasteiger partial charge in [-0.05, 0) is 49.3 Å². The number of nitrogens with zero attached hydrogens (tertiary/aromatic N) is 2. The zero-order valence-electron chi connectivity index (χ0n) is 19.4. The van der Waals surface area contributed by atoms with E-state index in [0.717, 1.165) is 6.42 Å². The second-order valence-electron chi connectivity index (χ2n) is 10.0. The van der Waals surface area contributed by atoms with Gasteiger partial charge in [-0.15, -0.1) is 0 Å². The van der Waals surface area contributed by atoms with Crippen molar-refractivity contribution in [2.24, 2.45) is 17.8 Å². The van der Waals surface area contributed by atoms with Gasteiger partial charge < -0.3 is 20.5 Å². The number of halogens is 3. The first-order valence-corrected chi connectivity index (χ1v) is 12.1. The van der Waals surface area contributed by atoms with Crippen LogP contribution in [0.5, 0.6) is 0 Å². The number of carbonyl (C=O) groups is 3. The molecule has 5 atom stereocenters. The number of nitrogens with one attached hydrogen (secondary N) is 3. The SMILES string of the molecule is N#C[C@@H](C[C@H]1CCCNC1=O)NC(=O)[C@H]1[C@H]2CC(F)(F)C[C@H]2CN1C(=O)c1cc2c(F)cccc2[nH]1. The number of aromatic nitrogens is 1. The van der Waals surface area contributed by atoms with Gasteiger partial charge >= 0.3 is 0 Å². The molecule has 2 aliphatic heterocycles. The van der Waals surface area contributed by atoms with Crippen LogP contribution < -0.4 is 10.6 Å². The molecule has 1 saturated carbocycles. The minimum absolute atomic E-state index is 0.0444. The predicted octanol–water partition coefficient (Wildman–Crippen LogP) is 2.72. The number of likely N-dealkylation sites (tertiary alicyclic amines) is 1. The molecule has 1 aliphatic carbocycles. The van der Waals surface area contributed by atoms with E-state index in [1.165, 1.54) is 23.1 Å². The fourth-order valence-corrected chi connectivity index (χ4v) is 5.98. The summed E-state index contributed by atoms with van der Waals surface area (Å²) in [5.74, 6) is -6.72. The average molecular weight is 502 g/mol. The van der Waals surface area contributed by atoms with Gasteiger partial charge in [0.25, 0.3) is 5.91 Å². The number of rotatable bonds is 5. The molecule has 0 radical (unpaired) electrons. The number of aromatic amines is 1. The van der Waals surface area contributed by atoms with E-state index < -0.39 is 66.2 Å². The first kappa shape index (κ1) is 24.2. The lowest BCUT2D eigenvalue weighted by molar-refractivity contribution is -0.129. The van der Waals surface area contributed by atoms with Crippen molar-refractivity contribution in [1.82, 2.24) is 20.5 Å². The van der Waals surface area contributed by atoms with Crippen LogP contribution in [0.3, 0.4) is 0 Å². The zero-order valence-corrected chi connectivity index (χ0v) is 19.4. The summed E-state index contributed by atoms with van der Waals surface area (Å²) in [7, 11) is 0. The van der Waals surface area contributed by atoms with Crippen molar-refractivity contribution in [2.75, 3.05) is 13.1 Å². The number of hydrogen-bond donors (Lipinski definition) is 3. The van der Waals surface area contributed by atoms with Crippen LogP contribution in [0, 0.1) is 34.9 Å². The van der Waals surface area contributed by atoms with Crippen molar-refractivity contribution in [3.63, 3.8) is 0 Å². The lowest BCUT2D eigenvalue weighted by Gasteiger charge is -2.29. The highest BCUT2D eigenvalue weighted by molar-refractivity contribution is 6.01. The Morgan fingerprint density at radius 3 is 2.83 bits per heavy atom. The molecule has 3 fully saturated rings. The molecule has 5 rings (SSSR count). The molecule has 1 aromatic heterocycles. The fraction of sp³-hybridized carbons (Fsp3) is 0.520. The highest BCUT2D eigenvalue weighted by Crippen LogP contribution is 2.50. The highest BCUT2D eigenvalue weighted by Gasteiger charge is 2.58. The Morgan fingerprint density at radius 1 is 1.31 bits per heavy atom. The maximum atomic E-state index is 14.2. The summed E-state index contributed by atoms with van der Waals surface area (Å²) in [6.07, 6.45) is 0.471. The van der Waals surface area contributed by atoms with Crippen LogP contribution in [-0.4, -0.2) is 58.7 Å². The predicted molar refractivity (Wildman–Crippen MR) is 122 cm³/mol. The minimum atomic E-state index is -2.94. The molecule has 3 N–H and O–H groups in total. The molecule has 0 bridgehead atoms. The largest absolute Gasteiger partial charge is 0.356 e. The van der Waals surface area contributed by atoms with Gasteiger partial charge in [-0.3, -0.25) is 14.4 Å². The third kappa shape index (κ3) is 4.40. The Bertz CT molecular complexity index is 1260. The summed E-state index contributed by atoms with van der Waals surface area (Å²) in [6, 6.07) is 5.49. The van der Waals surface area contributed by atoms with Crippen LogP contribution in [0.4, 0.5) is 13.2 Å². The topological polar surface area (TPSA) is 118 Å². The maximum absolute atomic E-state index is 14.2. The molecule has 8 nitrogen and oxygen atoms in total. The summed E-state index contributed by atoms with van der Waals surface area (Å²) in [5.41, 5.74) is 0.455. The van der Waals surface area contributed by atoms with Crippen LogP contribution >= 0.6 is 0 Å². The number of amides is 3. The number of hydrogen-bond acceptors (Lipinski definition) is 4. The summed E-state index contributed by atoms with van der Waals surface area (Å²) in [6.45, 7) is 0.518. The molecular formula is C25H26F3N5O3. The van der Waals surface area contributed by atoms with E-state index in [-0.39, 0.29) is 30.0 Å². The fourth-order valence-electron chi connectivity index (χ4n) is 5.98. The number of H-pyrrole nitrogens is 1. The standard InChI is InChI=1S/C25H26F3N5O3/c26-18-4-1-5-19-16(18)8-20(32-19)24(36)33-12-14-9-25(27,28)10-17(14)21(33)23(35)31-15(11-29)7-13-3-2-6-30-22(13)34/h1,4-5,8,13-15,17,21,32H,2-3,6-7,9-10,12H2,(H,30,34)(H,31,35)/t13-,14+,15-,17+,21-/m1/s1. The van der Waals surface area contributed by atoms with Crippen LogP contribution in [0.2, 0.25) is 0 Å². The molecule has 3 amide bonds. The van der Waals surface area contributed by atoms with Gasteiger partial charge in [0.1, 0.15) is 23.6 Å². The summed E-state index contributed by atoms with van der Waals surface area (Å²) in [4.78, 5) is 43.0. The molecule has 36 heavy (non-hydrogen) atoms. The zero-order chi connectivity index (χ0) is 25.6. The van der Waals surface area contributed by atoms with Crippen LogP contribution in [0.15, 0.2) is 24.3 Å². The van der Waals surface area contributed by atoms with Gasteiger partial charge in [-0.2, -0.15) is 5.26 Å². The van der Waals surface area contributed by atoms with E-state index in [1.807, 2.05) is 6.07 Å². The van der Waals surface area contributed by atoms with Gasteiger partial charge in [0, 0.05) is 42.8 Å². The molecule has 3 aliphatic rings. The summed E-state index contributed by atoms with van der Waals surface area (Å²) in [5, 5.41) is 15.2. The van der Waals surface area contributed by atoms with Crippen molar-refractivity contribution in [3.8, 4) is 6.07 Å².